The van der Waals surface area contributed by atoms with Gasteiger partial charge in [-0.25, -0.2) is 4.79 Å². The highest BCUT2D eigenvalue weighted by Crippen LogP contribution is 1.95. The van der Waals surface area contributed by atoms with Crippen LogP contribution in [0.25, 0.3) is 0 Å². The Morgan fingerprint density at radius 3 is 3.07 bits per heavy atom. The van der Waals surface area contributed by atoms with Crippen LogP contribution in [0.2, 0.25) is 0 Å². The minimum atomic E-state index is -0.980. The zero-order chi connectivity index (χ0) is 10.4. The summed E-state index contributed by atoms with van der Waals surface area (Å²) >= 11 is 0. The maximum absolute atomic E-state index is 10.1. The van der Waals surface area contributed by atoms with Crippen LogP contribution >= 0.6 is 0 Å². The summed E-state index contributed by atoms with van der Waals surface area (Å²) in [7, 11) is 0. The van der Waals surface area contributed by atoms with Crippen molar-refractivity contribution in [1.29, 1.82) is 0 Å². The second-order valence-electron chi connectivity index (χ2n) is 2.61. The zero-order valence-electron chi connectivity index (χ0n) is 7.73. The summed E-state index contributed by atoms with van der Waals surface area (Å²) in [5, 5.41) is 14.7. The molecule has 76 valence electrons. The van der Waals surface area contributed by atoms with Gasteiger partial charge in [-0.2, -0.15) is 4.98 Å². The number of aliphatic carboxylic acids is 1. The Morgan fingerprint density at radius 2 is 2.50 bits per heavy atom. The van der Waals surface area contributed by atoms with Crippen molar-refractivity contribution < 1.29 is 14.4 Å². The quantitative estimate of drug-likeness (QED) is 0.514. The standard InChI is InChI=1S/C8H11N3O3/c1-6-10-7(14-11-6)2-4-9-5-3-8(12)13/h3,5,9H,2,4H2,1H3,(H,12,13)/b5-3+. The number of carboxylic acid groups (broad SMARTS) is 1. The fraction of sp³-hybridized carbons (Fsp3) is 0.375. The maximum atomic E-state index is 10.1. The number of rotatable bonds is 5. The molecule has 0 fully saturated rings. The van der Waals surface area contributed by atoms with Crippen molar-refractivity contribution in [3.8, 4) is 0 Å². The first-order chi connectivity index (χ1) is 6.68. The molecule has 0 aliphatic heterocycles. The van der Waals surface area contributed by atoms with Gasteiger partial charge in [-0.3, -0.25) is 0 Å². The van der Waals surface area contributed by atoms with Gasteiger partial charge in [0.25, 0.3) is 0 Å². The molecule has 1 aromatic heterocycles. The molecule has 6 heteroatoms. The topological polar surface area (TPSA) is 88.2 Å². The Morgan fingerprint density at radius 1 is 1.71 bits per heavy atom. The highest BCUT2D eigenvalue weighted by atomic mass is 16.5. The van der Waals surface area contributed by atoms with Crippen molar-refractivity contribution in [3.63, 3.8) is 0 Å². The lowest BCUT2D eigenvalue weighted by molar-refractivity contribution is -0.131. The Hall–Kier alpha value is -1.85. The summed E-state index contributed by atoms with van der Waals surface area (Å²) in [6.07, 6.45) is 2.97. The van der Waals surface area contributed by atoms with Gasteiger partial charge in [-0.15, -0.1) is 0 Å². The Labute approximate surface area is 80.6 Å². The molecule has 0 radical (unpaired) electrons. The van der Waals surface area contributed by atoms with E-state index in [0.29, 0.717) is 24.7 Å². The number of nitrogens with zero attached hydrogens (tertiary/aromatic N) is 2. The lowest BCUT2D eigenvalue weighted by Gasteiger charge is -1.94. The third-order valence-electron chi connectivity index (χ3n) is 1.40. The zero-order valence-corrected chi connectivity index (χ0v) is 7.73. The molecule has 1 heterocycles. The Kier molecular flexibility index (Phi) is 3.66. The van der Waals surface area contributed by atoms with Crippen molar-refractivity contribution >= 4 is 5.97 Å². The number of aromatic nitrogens is 2. The molecule has 0 atom stereocenters. The van der Waals surface area contributed by atoms with Gasteiger partial charge in [0, 0.05) is 25.2 Å². The summed E-state index contributed by atoms with van der Waals surface area (Å²) in [5.74, 6) is 0.158. The number of carboxylic acids is 1. The van der Waals surface area contributed by atoms with Gasteiger partial charge in [0.05, 0.1) is 0 Å². The van der Waals surface area contributed by atoms with E-state index in [2.05, 4.69) is 15.5 Å². The summed E-state index contributed by atoms with van der Waals surface area (Å²) < 4.78 is 4.85. The van der Waals surface area contributed by atoms with E-state index in [-0.39, 0.29) is 0 Å². The molecule has 0 aliphatic rings. The molecule has 14 heavy (non-hydrogen) atoms. The number of hydrogen-bond acceptors (Lipinski definition) is 5. The summed E-state index contributed by atoms with van der Waals surface area (Å²) in [6, 6.07) is 0. The van der Waals surface area contributed by atoms with Gasteiger partial charge in [0.1, 0.15) is 0 Å². The van der Waals surface area contributed by atoms with Crippen LogP contribution in [0.15, 0.2) is 16.8 Å². The summed E-state index contributed by atoms with van der Waals surface area (Å²) in [5.41, 5.74) is 0. The van der Waals surface area contributed by atoms with Crippen LogP contribution in [0.5, 0.6) is 0 Å². The van der Waals surface area contributed by atoms with Crippen LogP contribution in [-0.4, -0.2) is 27.8 Å². The monoisotopic (exact) mass is 197 g/mol. The molecule has 1 aromatic rings. The third-order valence-corrected chi connectivity index (χ3v) is 1.40. The number of aryl methyl sites for hydroxylation is 1. The molecule has 0 spiro atoms. The number of hydrogen-bond donors (Lipinski definition) is 2. The van der Waals surface area contributed by atoms with Crippen LogP contribution in [0.3, 0.4) is 0 Å². The Bertz CT molecular complexity index is 332. The van der Waals surface area contributed by atoms with Gasteiger partial charge in [0.15, 0.2) is 5.82 Å². The van der Waals surface area contributed by atoms with Gasteiger partial charge in [-0.05, 0) is 6.92 Å². The lowest BCUT2D eigenvalue weighted by Crippen LogP contribution is -2.10. The van der Waals surface area contributed by atoms with Gasteiger partial charge in [-0.1, -0.05) is 5.16 Å². The minimum Gasteiger partial charge on any atom is -0.478 e. The number of carbonyl (C=O) groups is 1. The Balaban J connectivity index is 2.19. The van der Waals surface area contributed by atoms with E-state index in [4.69, 9.17) is 9.63 Å². The fourth-order valence-electron chi connectivity index (χ4n) is 0.834. The van der Waals surface area contributed by atoms with Crippen LogP contribution in [0, 0.1) is 6.92 Å². The average molecular weight is 197 g/mol. The van der Waals surface area contributed by atoms with Crippen molar-refractivity contribution in [3.05, 3.63) is 24.0 Å². The van der Waals surface area contributed by atoms with E-state index >= 15 is 0 Å². The summed E-state index contributed by atoms with van der Waals surface area (Å²) in [6.45, 7) is 2.30. The molecule has 0 unspecified atom stereocenters. The minimum absolute atomic E-state index is 0.540. The van der Waals surface area contributed by atoms with E-state index in [1.165, 1.54) is 6.20 Å². The molecule has 0 bridgehead atoms. The molecule has 0 saturated carbocycles. The molecule has 0 aromatic carbocycles. The average Bonchev–Trinajstić information content (AvgIpc) is 2.50. The smallest absolute Gasteiger partial charge is 0.329 e. The van der Waals surface area contributed by atoms with E-state index in [1.54, 1.807) is 6.92 Å². The predicted octanol–water partition coefficient (Wildman–Crippen LogP) is 0.108. The predicted molar refractivity (Wildman–Crippen MR) is 47.5 cm³/mol. The normalized spacial score (nSPS) is 10.6. The van der Waals surface area contributed by atoms with Crippen molar-refractivity contribution in [2.24, 2.45) is 0 Å². The highest BCUT2D eigenvalue weighted by molar-refractivity contribution is 5.79. The van der Waals surface area contributed by atoms with E-state index in [9.17, 15) is 4.79 Å². The molecular formula is C8H11N3O3. The maximum Gasteiger partial charge on any atom is 0.329 e. The van der Waals surface area contributed by atoms with E-state index in [1.807, 2.05) is 0 Å². The van der Waals surface area contributed by atoms with Crippen molar-refractivity contribution in [2.45, 2.75) is 13.3 Å². The molecule has 6 nitrogen and oxygen atoms in total. The van der Waals surface area contributed by atoms with Gasteiger partial charge < -0.3 is 14.9 Å². The first kappa shape index (κ1) is 10.2. The largest absolute Gasteiger partial charge is 0.478 e. The third kappa shape index (κ3) is 3.70. The first-order valence-corrected chi connectivity index (χ1v) is 4.10. The van der Waals surface area contributed by atoms with E-state index in [0.717, 1.165) is 6.08 Å². The molecule has 0 saturated heterocycles. The number of nitrogens with one attached hydrogen (secondary N) is 1. The van der Waals surface area contributed by atoms with Crippen molar-refractivity contribution in [2.75, 3.05) is 6.54 Å². The van der Waals surface area contributed by atoms with Crippen LogP contribution in [0.1, 0.15) is 11.7 Å². The highest BCUT2D eigenvalue weighted by Gasteiger charge is 2.00. The van der Waals surface area contributed by atoms with Crippen LogP contribution < -0.4 is 5.32 Å². The molecule has 0 aliphatic carbocycles. The summed E-state index contributed by atoms with van der Waals surface area (Å²) in [4.78, 5) is 14.1. The molecule has 0 amide bonds. The molecule has 2 N–H and O–H groups in total. The molecule has 1 rings (SSSR count). The fourth-order valence-corrected chi connectivity index (χ4v) is 0.834. The van der Waals surface area contributed by atoms with Crippen molar-refractivity contribution in [1.82, 2.24) is 15.5 Å². The van der Waals surface area contributed by atoms with Crippen LogP contribution in [0.4, 0.5) is 0 Å². The van der Waals surface area contributed by atoms with Crippen LogP contribution in [-0.2, 0) is 11.2 Å². The van der Waals surface area contributed by atoms with Gasteiger partial charge >= 0.3 is 5.97 Å². The second kappa shape index (κ2) is 5.00. The molecular weight excluding hydrogens is 186 g/mol. The lowest BCUT2D eigenvalue weighted by atomic mass is 10.4. The second-order valence-corrected chi connectivity index (χ2v) is 2.61. The van der Waals surface area contributed by atoms with E-state index < -0.39 is 5.97 Å². The first-order valence-electron chi connectivity index (χ1n) is 4.10. The van der Waals surface area contributed by atoms with Gasteiger partial charge in [0.2, 0.25) is 5.89 Å². The SMILES string of the molecule is Cc1noc(CCN/C=C/C(=O)O)n1.